The molecular weight excluding hydrogens is 326 g/mol. The standard InChI is InChI=1S/C17H13N3O3S/c21-16(13-2-1-6-20(22)9-13)19-17-18-14(10-24-17)11-3-4-15-12(8-11)5-7-23-15/h1-4,6,8-10H,5,7H2,(H,18,19,21). The van der Waals surface area contributed by atoms with Gasteiger partial charge in [-0.25, -0.2) is 4.98 Å². The summed E-state index contributed by atoms with van der Waals surface area (Å²) in [7, 11) is 0. The fourth-order valence-electron chi connectivity index (χ4n) is 2.57. The maximum atomic E-state index is 12.2. The molecule has 3 heterocycles. The lowest BCUT2D eigenvalue weighted by atomic mass is 10.1. The van der Waals surface area contributed by atoms with Crippen LogP contribution in [0.5, 0.6) is 5.75 Å². The van der Waals surface area contributed by atoms with Crippen molar-refractivity contribution in [2.75, 3.05) is 11.9 Å². The molecule has 0 radical (unpaired) electrons. The minimum atomic E-state index is -0.358. The lowest BCUT2D eigenvalue weighted by molar-refractivity contribution is -0.605. The molecule has 0 saturated carbocycles. The molecule has 4 rings (SSSR count). The van der Waals surface area contributed by atoms with Gasteiger partial charge in [0, 0.05) is 23.4 Å². The molecule has 6 nitrogen and oxygen atoms in total. The number of carbonyl (C=O) groups excluding carboxylic acids is 1. The number of rotatable bonds is 3. The highest BCUT2D eigenvalue weighted by molar-refractivity contribution is 7.14. The SMILES string of the molecule is O=C(Nc1nc(-c2ccc3c(c2)CCO3)cs1)c1ccc[n+]([O-])c1. The Labute approximate surface area is 141 Å². The van der Waals surface area contributed by atoms with Gasteiger partial charge in [0.05, 0.1) is 12.3 Å². The summed E-state index contributed by atoms with van der Waals surface area (Å²) < 4.78 is 6.10. The Bertz CT molecular complexity index is 923. The number of hydrogen-bond acceptors (Lipinski definition) is 5. The van der Waals surface area contributed by atoms with E-state index in [9.17, 15) is 10.0 Å². The monoisotopic (exact) mass is 339 g/mol. The van der Waals surface area contributed by atoms with Crippen LogP contribution in [0.1, 0.15) is 15.9 Å². The summed E-state index contributed by atoms with van der Waals surface area (Å²) in [6.45, 7) is 0.716. The molecule has 0 bridgehead atoms. The molecule has 2 aromatic heterocycles. The lowest BCUT2D eigenvalue weighted by Crippen LogP contribution is -2.27. The summed E-state index contributed by atoms with van der Waals surface area (Å²) in [4.78, 5) is 16.6. The number of hydrogen-bond donors (Lipinski definition) is 1. The van der Waals surface area contributed by atoms with Crippen LogP contribution in [0.25, 0.3) is 11.3 Å². The number of pyridine rings is 1. The third-order valence-electron chi connectivity index (χ3n) is 3.75. The first-order valence-electron chi connectivity index (χ1n) is 7.41. The highest BCUT2D eigenvalue weighted by Gasteiger charge is 2.15. The molecule has 0 unspecified atom stereocenters. The van der Waals surface area contributed by atoms with Gasteiger partial charge in [0.2, 0.25) is 0 Å². The van der Waals surface area contributed by atoms with Gasteiger partial charge in [-0.3, -0.25) is 10.1 Å². The normalized spacial score (nSPS) is 12.5. The van der Waals surface area contributed by atoms with Gasteiger partial charge in [-0.15, -0.1) is 11.3 Å². The molecule has 120 valence electrons. The highest BCUT2D eigenvalue weighted by atomic mass is 32.1. The highest BCUT2D eigenvalue weighted by Crippen LogP contribution is 2.31. The molecule has 0 spiro atoms. The minimum absolute atomic E-state index is 0.291. The second kappa shape index (κ2) is 5.93. The number of amides is 1. The van der Waals surface area contributed by atoms with E-state index in [0.29, 0.717) is 22.0 Å². The third-order valence-corrected chi connectivity index (χ3v) is 4.50. The smallest absolute Gasteiger partial charge is 0.263 e. The van der Waals surface area contributed by atoms with Gasteiger partial charge in [-0.2, -0.15) is 4.73 Å². The largest absolute Gasteiger partial charge is 0.619 e. The Morgan fingerprint density at radius 2 is 2.29 bits per heavy atom. The van der Waals surface area contributed by atoms with Crippen molar-refractivity contribution in [2.24, 2.45) is 0 Å². The predicted molar refractivity (Wildman–Crippen MR) is 90.1 cm³/mol. The Morgan fingerprint density at radius 3 is 3.17 bits per heavy atom. The van der Waals surface area contributed by atoms with E-state index in [1.807, 2.05) is 17.5 Å². The predicted octanol–water partition coefficient (Wildman–Crippen LogP) is 2.63. The summed E-state index contributed by atoms with van der Waals surface area (Å²) in [6, 6.07) is 9.09. The topological polar surface area (TPSA) is 78.2 Å². The van der Waals surface area contributed by atoms with E-state index in [-0.39, 0.29) is 5.91 Å². The van der Waals surface area contributed by atoms with Crippen LogP contribution in [0.2, 0.25) is 0 Å². The van der Waals surface area contributed by atoms with Crippen LogP contribution in [0, 0.1) is 5.21 Å². The van der Waals surface area contributed by atoms with Crippen molar-refractivity contribution in [3.05, 3.63) is 64.4 Å². The first-order chi connectivity index (χ1) is 11.7. The number of anilines is 1. The number of thiazole rings is 1. The molecule has 0 aliphatic carbocycles. The molecule has 24 heavy (non-hydrogen) atoms. The van der Waals surface area contributed by atoms with Crippen molar-refractivity contribution in [1.82, 2.24) is 4.98 Å². The van der Waals surface area contributed by atoms with Gasteiger partial charge in [0.1, 0.15) is 11.3 Å². The maximum absolute atomic E-state index is 12.2. The molecular formula is C17H13N3O3S. The molecule has 7 heteroatoms. The van der Waals surface area contributed by atoms with Crippen LogP contribution in [0.15, 0.2) is 48.1 Å². The van der Waals surface area contributed by atoms with Crippen molar-refractivity contribution < 1.29 is 14.3 Å². The van der Waals surface area contributed by atoms with E-state index >= 15 is 0 Å². The van der Waals surface area contributed by atoms with Crippen LogP contribution in [0.4, 0.5) is 5.13 Å². The van der Waals surface area contributed by atoms with E-state index < -0.39 is 0 Å². The summed E-state index contributed by atoms with van der Waals surface area (Å²) in [5, 5.41) is 16.4. The van der Waals surface area contributed by atoms with E-state index in [0.717, 1.165) is 23.4 Å². The Morgan fingerprint density at radius 1 is 1.38 bits per heavy atom. The molecule has 3 aromatic rings. The van der Waals surface area contributed by atoms with E-state index in [1.54, 1.807) is 6.07 Å². The molecule has 1 amide bonds. The first-order valence-corrected chi connectivity index (χ1v) is 8.29. The quantitative estimate of drug-likeness (QED) is 0.588. The molecule has 0 atom stereocenters. The fourth-order valence-corrected chi connectivity index (χ4v) is 3.28. The summed E-state index contributed by atoms with van der Waals surface area (Å²) in [5.74, 6) is 0.570. The minimum Gasteiger partial charge on any atom is -0.619 e. The van der Waals surface area contributed by atoms with Gasteiger partial charge in [-0.1, -0.05) is 0 Å². The summed E-state index contributed by atoms with van der Waals surface area (Å²) in [6.07, 6.45) is 3.46. The Hall–Kier alpha value is -2.93. The van der Waals surface area contributed by atoms with Gasteiger partial charge in [-0.05, 0) is 29.8 Å². The van der Waals surface area contributed by atoms with Crippen molar-refractivity contribution in [2.45, 2.75) is 6.42 Å². The number of ether oxygens (including phenoxy) is 1. The van der Waals surface area contributed by atoms with Crippen LogP contribution >= 0.6 is 11.3 Å². The van der Waals surface area contributed by atoms with E-state index in [2.05, 4.69) is 16.4 Å². The number of carbonyl (C=O) groups is 1. The molecule has 1 aliphatic heterocycles. The molecule has 0 fully saturated rings. The van der Waals surface area contributed by atoms with Crippen molar-refractivity contribution in [1.29, 1.82) is 0 Å². The van der Waals surface area contributed by atoms with Crippen LogP contribution < -0.4 is 14.8 Å². The summed E-state index contributed by atoms with van der Waals surface area (Å²) >= 11 is 1.35. The van der Waals surface area contributed by atoms with Gasteiger partial charge in [0.15, 0.2) is 17.5 Å². The lowest BCUT2D eigenvalue weighted by Gasteiger charge is -2.02. The average molecular weight is 339 g/mol. The molecule has 1 N–H and O–H groups in total. The zero-order valence-electron chi connectivity index (χ0n) is 12.6. The number of fused-ring (bicyclic) bond motifs is 1. The van der Waals surface area contributed by atoms with E-state index in [4.69, 9.17) is 4.74 Å². The van der Waals surface area contributed by atoms with Crippen molar-refractivity contribution >= 4 is 22.4 Å². The van der Waals surface area contributed by atoms with Crippen LogP contribution in [-0.4, -0.2) is 17.5 Å². The number of nitrogens with zero attached hydrogens (tertiary/aromatic N) is 2. The van der Waals surface area contributed by atoms with Gasteiger partial charge < -0.3 is 9.94 Å². The Kier molecular flexibility index (Phi) is 3.62. The fraction of sp³-hybridized carbons (Fsp3) is 0.118. The third kappa shape index (κ3) is 2.81. The zero-order valence-corrected chi connectivity index (χ0v) is 13.4. The number of nitrogens with one attached hydrogen (secondary N) is 1. The number of benzene rings is 1. The summed E-state index contributed by atoms with van der Waals surface area (Å²) in [5.41, 5.74) is 3.26. The van der Waals surface area contributed by atoms with Gasteiger partial charge >= 0.3 is 0 Å². The van der Waals surface area contributed by atoms with Gasteiger partial charge in [0.25, 0.3) is 5.91 Å². The first kappa shape index (κ1) is 14.6. The second-order valence-corrected chi connectivity index (χ2v) is 6.22. The van der Waals surface area contributed by atoms with Crippen molar-refractivity contribution in [3.63, 3.8) is 0 Å². The van der Waals surface area contributed by atoms with Crippen LogP contribution in [0.3, 0.4) is 0 Å². The molecule has 0 saturated heterocycles. The molecule has 1 aliphatic rings. The van der Waals surface area contributed by atoms with Crippen LogP contribution in [-0.2, 0) is 6.42 Å². The number of aromatic nitrogens is 2. The zero-order chi connectivity index (χ0) is 16.5. The Balaban J connectivity index is 1.53. The second-order valence-electron chi connectivity index (χ2n) is 5.37. The van der Waals surface area contributed by atoms with E-state index in [1.165, 1.54) is 35.4 Å². The van der Waals surface area contributed by atoms with Crippen molar-refractivity contribution in [3.8, 4) is 17.0 Å². The maximum Gasteiger partial charge on any atom is 0.263 e. The average Bonchev–Trinajstić information content (AvgIpc) is 3.23. The molecule has 1 aromatic carbocycles.